The minimum atomic E-state index is -0.224. The highest BCUT2D eigenvalue weighted by molar-refractivity contribution is 4.80. The van der Waals surface area contributed by atoms with Crippen LogP contribution >= 0.6 is 0 Å². The van der Waals surface area contributed by atoms with Crippen LogP contribution in [0.3, 0.4) is 0 Å². The van der Waals surface area contributed by atoms with Gasteiger partial charge in [-0.1, -0.05) is 27.7 Å². The highest BCUT2D eigenvalue weighted by atomic mass is 16.5. The predicted molar refractivity (Wildman–Crippen MR) is 71.1 cm³/mol. The Labute approximate surface area is 106 Å². The van der Waals surface area contributed by atoms with Gasteiger partial charge < -0.3 is 9.84 Å². The molecule has 1 fully saturated rings. The fourth-order valence-corrected chi connectivity index (χ4v) is 2.28. The first-order valence-corrected chi connectivity index (χ1v) is 6.88. The summed E-state index contributed by atoms with van der Waals surface area (Å²) in [6, 6.07) is 0.526. The average Bonchev–Trinajstić information content (AvgIpc) is 2.24. The lowest BCUT2D eigenvalue weighted by Crippen LogP contribution is -2.49. The van der Waals surface area contributed by atoms with E-state index in [1.165, 1.54) is 0 Å². The van der Waals surface area contributed by atoms with E-state index in [4.69, 9.17) is 4.74 Å². The lowest BCUT2D eigenvalue weighted by molar-refractivity contribution is -0.0625. The molecule has 3 heteroatoms. The van der Waals surface area contributed by atoms with Crippen LogP contribution in [-0.4, -0.2) is 48.0 Å². The Kier molecular flexibility index (Phi) is 5.42. The number of ether oxygens (including phenoxy) is 1. The molecule has 0 aliphatic carbocycles. The molecule has 0 aromatic heterocycles. The molecule has 3 nitrogen and oxygen atoms in total. The highest BCUT2D eigenvalue weighted by Gasteiger charge is 2.28. The van der Waals surface area contributed by atoms with Crippen molar-refractivity contribution in [1.29, 1.82) is 0 Å². The van der Waals surface area contributed by atoms with Crippen molar-refractivity contribution in [3.8, 4) is 0 Å². The minimum absolute atomic E-state index is 0.0143. The third-order valence-corrected chi connectivity index (χ3v) is 3.74. The molecule has 17 heavy (non-hydrogen) atoms. The molecule has 0 aromatic rings. The summed E-state index contributed by atoms with van der Waals surface area (Å²) >= 11 is 0. The molecule has 0 radical (unpaired) electrons. The number of nitrogens with zero attached hydrogens (tertiary/aromatic N) is 1. The summed E-state index contributed by atoms with van der Waals surface area (Å²) < 4.78 is 5.68. The molecule has 0 saturated carbocycles. The SMILES string of the molecule is CCC1COC(C)CN1CCC(O)C(C)(C)C. The molecule has 0 amide bonds. The number of rotatable bonds is 4. The fourth-order valence-electron chi connectivity index (χ4n) is 2.28. The van der Waals surface area contributed by atoms with Crippen LogP contribution in [0.25, 0.3) is 0 Å². The normalized spacial score (nSPS) is 29.3. The van der Waals surface area contributed by atoms with Crippen molar-refractivity contribution in [2.24, 2.45) is 5.41 Å². The van der Waals surface area contributed by atoms with E-state index in [2.05, 4.69) is 39.5 Å². The predicted octanol–water partition coefficient (Wildman–Crippen LogP) is 2.28. The summed E-state index contributed by atoms with van der Waals surface area (Å²) in [5.74, 6) is 0. The van der Waals surface area contributed by atoms with Gasteiger partial charge in [0.2, 0.25) is 0 Å². The van der Waals surface area contributed by atoms with E-state index >= 15 is 0 Å². The largest absolute Gasteiger partial charge is 0.393 e. The molecule has 1 aliphatic rings. The molecule has 3 atom stereocenters. The van der Waals surface area contributed by atoms with E-state index in [0.29, 0.717) is 12.1 Å². The fraction of sp³-hybridized carbons (Fsp3) is 1.00. The zero-order valence-electron chi connectivity index (χ0n) is 12.1. The Morgan fingerprint density at radius 3 is 2.59 bits per heavy atom. The van der Waals surface area contributed by atoms with Crippen LogP contribution in [0.4, 0.5) is 0 Å². The number of aliphatic hydroxyl groups excluding tert-OH is 1. The van der Waals surface area contributed by atoms with Gasteiger partial charge in [0.15, 0.2) is 0 Å². The third-order valence-electron chi connectivity index (χ3n) is 3.74. The Morgan fingerprint density at radius 1 is 1.41 bits per heavy atom. The second-order valence-electron chi connectivity index (χ2n) is 6.37. The molecule has 1 aliphatic heterocycles. The maximum Gasteiger partial charge on any atom is 0.0674 e. The monoisotopic (exact) mass is 243 g/mol. The van der Waals surface area contributed by atoms with Crippen LogP contribution in [-0.2, 0) is 4.74 Å². The molecule has 1 heterocycles. The smallest absolute Gasteiger partial charge is 0.0674 e. The van der Waals surface area contributed by atoms with Crippen molar-refractivity contribution >= 4 is 0 Å². The maximum atomic E-state index is 10.1. The molecule has 1 saturated heterocycles. The lowest BCUT2D eigenvalue weighted by Gasteiger charge is -2.39. The van der Waals surface area contributed by atoms with E-state index in [1.54, 1.807) is 0 Å². The van der Waals surface area contributed by atoms with E-state index in [9.17, 15) is 5.11 Å². The minimum Gasteiger partial charge on any atom is -0.393 e. The summed E-state index contributed by atoms with van der Waals surface area (Å²) in [4.78, 5) is 2.48. The average molecular weight is 243 g/mol. The van der Waals surface area contributed by atoms with Gasteiger partial charge in [-0.25, -0.2) is 0 Å². The van der Waals surface area contributed by atoms with E-state index < -0.39 is 0 Å². The molecule has 102 valence electrons. The highest BCUT2D eigenvalue weighted by Crippen LogP contribution is 2.23. The van der Waals surface area contributed by atoms with Crippen LogP contribution in [0, 0.1) is 5.41 Å². The molecule has 3 unspecified atom stereocenters. The van der Waals surface area contributed by atoms with Gasteiger partial charge in [-0.2, -0.15) is 0 Å². The number of hydrogen-bond donors (Lipinski definition) is 1. The van der Waals surface area contributed by atoms with Crippen molar-refractivity contribution < 1.29 is 9.84 Å². The zero-order valence-corrected chi connectivity index (χ0v) is 12.1. The van der Waals surface area contributed by atoms with Gasteiger partial charge in [0.25, 0.3) is 0 Å². The van der Waals surface area contributed by atoms with Crippen molar-refractivity contribution in [2.75, 3.05) is 19.7 Å². The van der Waals surface area contributed by atoms with Gasteiger partial charge in [-0.15, -0.1) is 0 Å². The Balaban J connectivity index is 2.43. The lowest BCUT2D eigenvalue weighted by atomic mass is 9.87. The van der Waals surface area contributed by atoms with Crippen LogP contribution in [0.5, 0.6) is 0 Å². The van der Waals surface area contributed by atoms with E-state index in [-0.39, 0.29) is 11.5 Å². The summed E-state index contributed by atoms with van der Waals surface area (Å²) in [5, 5.41) is 10.1. The quantitative estimate of drug-likeness (QED) is 0.822. The van der Waals surface area contributed by atoms with E-state index in [0.717, 1.165) is 32.5 Å². The number of aliphatic hydroxyl groups is 1. The second kappa shape index (κ2) is 6.17. The summed E-state index contributed by atoms with van der Waals surface area (Å²) in [7, 11) is 0. The second-order valence-corrected chi connectivity index (χ2v) is 6.37. The Hall–Kier alpha value is -0.120. The standard InChI is InChI=1S/C14H29NO2/c1-6-12-10-17-11(2)9-15(12)8-7-13(16)14(3,4)5/h11-13,16H,6-10H2,1-5H3. The summed E-state index contributed by atoms with van der Waals surface area (Å²) in [6.07, 6.45) is 2.08. The number of morpholine rings is 1. The van der Waals surface area contributed by atoms with Gasteiger partial charge >= 0.3 is 0 Å². The third kappa shape index (κ3) is 4.57. The van der Waals surface area contributed by atoms with Crippen molar-refractivity contribution in [2.45, 2.75) is 65.7 Å². The molecular formula is C14H29NO2. The Bertz CT molecular complexity index is 225. The van der Waals surface area contributed by atoms with Crippen molar-refractivity contribution in [3.63, 3.8) is 0 Å². The first-order chi connectivity index (χ1) is 7.84. The first-order valence-electron chi connectivity index (χ1n) is 6.88. The van der Waals surface area contributed by atoms with Crippen LogP contribution in [0.15, 0.2) is 0 Å². The molecule has 1 N–H and O–H groups in total. The van der Waals surface area contributed by atoms with Gasteiger partial charge in [-0.05, 0) is 25.2 Å². The first kappa shape index (κ1) is 14.9. The van der Waals surface area contributed by atoms with E-state index in [1.807, 2.05) is 0 Å². The zero-order chi connectivity index (χ0) is 13.1. The van der Waals surface area contributed by atoms with Gasteiger partial charge in [0.05, 0.1) is 18.8 Å². The molecule has 0 bridgehead atoms. The van der Waals surface area contributed by atoms with Gasteiger partial charge in [0, 0.05) is 19.1 Å². The van der Waals surface area contributed by atoms with Crippen LogP contribution in [0.2, 0.25) is 0 Å². The maximum absolute atomic E-state index is 10.1. The summed E-state index contributed by atoms with van der Waals surface area (Å²) in [6.45, 7) is 13.4. The summed E-state index contributed by atoms with van der Waals surface area (Å²) in [5.41, 5.74) is -0.0143. The van der Waals surface area contributed by atoms with Gasteiger partial charge in [-0.3, -0.25) is 4.90 Å². The van der Waals surface area contributed by atoms with Crippen LogP contribution in [0.1, 0.15) is 47.5 Å². The Morgan fingerprint density at radius 2 is 2.06 bits per heavy atom. The molecule has 0 aromatic carbocycles. The molecule has 0 spiro atoms. The van der Waals surface area contributed by atoms with Crippen molar-refractivity contribution in [3.05, 3.63) is 0 Å². The van der Waals surface area contributed by atoms with Crippen molar-refractivity contribution in [1.82, 2.24) is 4.90 Å². The molecular weight excluding hydrogens is 214 g/mol. The topological polar surface area (TPSA) is 32.7 Å². The van der Waals surface area contributed by atoms with Gasteiger partial charge in [0.1, 0.15) is 0 Å². The number of hydrogen-bond acceptors (Lipinski definition) is 3. The van der Waals surface area contributed by atoms with Crippen LogP contribution < -0.4 is 0 Å². The molecule has 1 rings (SSSR count).